The predicted octanol–water partition coefficient (Wildman–Crippen LogP) is 0.711. The summed E-state index contributed by atoms with van der Waals surface area (Å²) >= 11 is 0. The standard InChI is InChI=1S/C6H6FNO2/c7-8-3-1-5(2-4-8)6(9)10/h1-3H,4H2,(H,9,10). The quantitative estimate of drug-likeness (QED) is 0.549. The van der Waals surface area contributed by atoms with E-state index in [2.05, 4.69) is 0 Å². The van der Waals surface area contributed by atoms with Crippen LogP contribution in [0.2, 0.25) is 0 Å². The Bertz CT molecular complexity index is 210. The molecule has 0 aromatic heterocycles. The Kier molecular flexibility index (Phi) is 1.71. The highest BCUT2D eigenvalue weighted by Crippen LogP contribution is 2.06. The number of hydrogen-bond donors (Lipinski definition) is 1. The Balaban J connectivity index is 2.67. The van der Waals surface area contributed by atoms with E-state index in [1.165, 1.54) is 12.2 Å². The highest BCUT2D eigenvalue weighted by atomic mass is 19.2. The minimum absolute atomic E-state index is 0.0120. The third-order valence-electron chi connectivity index (χ3n) is 1.15. The molecule has 0 unspecified atom stereocenters. The Morgan fingerprint density at radius 3 is 2.90 bits per heavy atom. The fourth-order valence-corrected chi connectivity index (χ4v) is 0.634. The highest BCUT2D eigenvalue weighted by Gasteiger charge is 2.07. The van der Waals surface area contributed by atoms with Crippen LogP contribution < -0.4 is 0 Å². The van der Waals surface area contributed by atoms with Crippen molar-refractivity contribution in [2.45, 2.75) is 0 Å². The first-order valence-corrected chi connectivity index (χ1v) is 2.74. The van der Waals surface area contributed by atoms with E-state index in [0.29, 0.717) is 5.12 Å². The Morgan fingerprint density at radius 2 is 2.50 bits per heavy atom. The van der Waals surface area contributed by atoms with Gasteiger partial charge in [0.2, 0.25) is 0 Å². The largest absolute Gasteiger partial charge is 0.478 e. The van der Waals surface area contributed by atoms with Gasteiger partial charge in [-0.05, 0) is 12.2 Å². The van der Waals surface area contributed by atoms with E-state index in [1.54, 1.807) is 0 Å². The number of aliphatic carboxylic acids is 1. The van der Waals surface area contributed by atoms with E-state index in [4.69, 9.17) is 5.11 Å². The van der Waals surface area contributed by atoms with Crippen LogP contribution in [0, 0.1) is 0 Å². The predicted molar refractivity (Wildman–Crippen MR) is 32.7 cm³/mol. The maximum Gasteiger partial charge on any atom is 0.335 e. The van der Waals surface area contributed by atoms with Crippen molar-refractivity contribution in [1.29, 1.82) is 0 Å². The van der Waals surface area contributed by atoms with Gasteiger partial charge >= 0.3 is 5.97 Å². The molecule has 0 amide bonds. The maximum absolute atomic E-state index is 12.1. The molecule has 10 heavy (non-hydrogen) atoms. The van der Waals surface area contributed by atoms with Gasteiger partial charge in [0, 0.05) is 6.20 Å². The Labute approximate surface area is 57.0 Å². The van der Waals surface area contributed by atoms with Gasteiger partial charge in [-0.25, -0.2) is 9.92 Å². The summed E-state index contributed by atoms with van der Waals surface area (Å²) in [6, 6.07) is 0. The Morgan fingerprint density at radius 1 is 1.80 bits per heavy atom. The van der Waals surface area contributed by atoms with Crippen molar-refractivity contribution in [3.63, 3.8) is 0 Å². The minimum atomic E-state index is -1.02. The van der Waals surface area contributed by atoms with E-state index < -0.39 is 5.97 Å². The van der Waals surface area contributed by atoms with Gasteiger partial charge in [0.05, 0.1) is 12.1 Å². The SMILES string of the molecule is O=C(O)C1=CCN(F)C=C1. The third kappa shape index (κ3) is 1.34. The average Bonchev–Trinajstić information content (AvgIpc) is 1.88. The first kappa shape index (κ1) is 6.80. The van der Waals surface area contributed by atoms with Crippen LogP contribution in [-0.4, -0.2) is 22.7 Å². The van der Waals surface area contributed by atoms with Crippen molar-refractivity contribution in [1.82, 2.24) is 5.12 Å². The van der Waals surface area contributed by atoms with Gasteiger partial charge in [0.25, 0.3) is 0 Å². The molecule has 0 atom stereocenters. The zero-order valence-electron chi connectivity index (χ0n) is 5.12. The van der Waals surface area contributed by atoms with Gasteiger partial charge in [-0.15, -0.1) is 4.48 Å². The van der Waals surface area contributed by atoms with Gasteiger partial charge in [-0.3, -0.25) is 0 Å². The van der Waals surface area contributed by atoms with E-state index in [9.17, 15) is 9.28 Å². The average molecular weight is 143 g/mol. The molecule has 4 heteroatoms. The lowest BCUT2D eigenvalue weighted by molar-refractivity contribution is -0.132. The van der Waals surface area contributed by atoms with Crippen LogP contribution in [0.25, 0.3) is 0 Å². The zero-order chi connectivity index (χ0) is 7.56. The number of rotatable bonds is 1. The molecule has 0 saturated carbocycles. The third-order valence-corrected chi connectivity index (χ3v) is 1.15. The van der Waals surface area contributed by atoms with Crippen LogP contribution in [0.4, 0.5) is 4.48 Å². The summed E-state index contributed by atoms with van der Waals surface area (Å²) in [7, 11) is 0. The van der Waals surface area contributed by atoms with Crippen LogP contribution in [-0.2, 0) is 4.79 Å². The van der Waals surface area contributed by atoms with Crippen molar-refractivity contribution >= 4 is 5.97 Å². The van der Waals surface area contributed by atoms with Crippen LogP contribution >= 0.6 is 0 Å². The normalized spacial score (nSPS) is 16.9. The number of hydrogen-bond acceptors (Lipinski definition) is 2. The van der Waals surface area contributed by atoms with Gasteiger partial charge in [0.1, 0.15) is 0 Å². The molecule has 1 aliphatic heterocycles. The molecule has 54 valence electrons. The van der Waals surface area contributed by atoms with Gasteiger partial charge in [-0.1, -0.05) is 0 Å². The molecule has 0 saturated heterocycles. The molecule has 1 N–H and O–H groups in total. The van der Waals surface area contributed by atoms with Crippen molar-refractivity contribution in [2.24, 2.45) is 0 Å². The van der Waals surface area contributed by atoms with E-state index in [0.717, 1.165) is 6.20 Å². The molecule has 0 spiro atoms. The summed E-state index contributed by atoms with van der Waals surface area (Å²) in [6.45, 7) is 0.0120. The topological polar surface area (TPSA) is 40.5 Å². The van der Waals surface area contributed by atoms with Crippen LogP contribution in [0.15, 0.2) is 23.9 Å². The van der Waals surface area contributed by atoms with Crippen molar-refractivity contribution in [3.8, 4) is 0 Å². The summed E-state index contributed by atoms with van der Waals surface area (Å²) in [4.78, 5) is 10.2. The molecular formula is C6H6FNO2. The summed E-state index contributed by atoms with van der Waals surface area (Å²) in [5.74, 6) is -1.02. The molecule has 0 fully saturated rings. The summed E-state index contributed by atoms with van der Waals surface area (Å²) in [5, 5.41) is 8.77. The molecule has 0 bridgehead atoms. The van der Waals surface area contributed by atoms with Crippen LogP contribution in [0.1, 0.15) is 0 Å². The minimum Gasteiger partial charge on any atom is -0.478 e. The van der Waals surface area contributed by atoms with Gasteiger partial charge in [-0.2, -0.15) is 0 Å². The monoisotopic (exact) mass is 143 g/mol. The second-order valence-electron chi connectivity index (χ2n) is 1.86. The molecule has 0 aromatic rings. The molecule has 3 nitrogen and oxygen atoms in total. The maximum atomic E-state index is 12.1. The molecule has 0 radical (unpaired) electrons. The molecule has 0 aliphatic carbocycles. The number of nitrogens with zero attached hydrogens (tertiary/aromatic N) is 1. The van der Waals surface area contributed by atoms with Crippen molar-refractivity contribution < 1.29 is 14.4 Å². The molecule has 1 aliphatic rings. The summed E-state index contributed by atoms with van der Waals surface area (Å²) < 4.78 is 12.1. The number of carbonyl (C=O) groups is 1. The second-order valence-corrected chi connectivity index (χ2v) is 1.86. The van der Waals surface area contributed by atoms with Crippen LogP contribution in [0.5, 0.6) is 0 Å². The van der Waals surface area contributed by atoms with E-state index >= 15 is 0 Å². The second kappa shape index (κ2) is 2.51. The Hall–Kier alpha value is -1.32. The van der Waals surface area contributed by atoms with Crippen molar-refractivity contribution in [3.05, 3.63) is 23.9 Å². The molecular weight excluding hydrogens is 137 g/mol. The molecule has 1 heterocycles. The smallest absolute Gasteiger partial charge is 0.335 e. The summed E-state index contributed by atoms with van der Waals surface area (Å²) in [6.07, 6.45) is 3.61. The fraction of sp³-hybridized carbons (Fsp3) is 0.167. The van der Waals surface area contributed by atoms with Gasteiger partial charge in [0.15, 0.2) is 0 Å². The number of carboxylic acids is 1. The zero-order valence-corrected chi connectivity index (χ0v) is 5.12. The van der Waals surface area contributed by atoms with Crippen LogP contribution in [0.3, 0.4) is 0 Å². The lowest BCUT2D eigenvalue weighted by Gasteiger charge is -2.09. The molecule has 1 rings (SSSR count). The number of halogens is 1. The van der Waals surface area contributed by atoms with Gasteiger partial charge < -0.3 is 5.11 Å². The lowest BCUT2D eigenvalue weighted by atomic mass is 10.2. The van der Waals surface area contributed by atoms with E-state index in [1.807, 2.05) is 0 Å². The van der Waals surface area contributed by atoms with Crippen molar-refractivity contribution in [2.75, 3.05) is 6.54 Å². The first-order valence-electron chi connectivity index (χ1n) is 2.74. The number of carboxylic acid groups (broad SMARTS) is 1. The lowest BCUT2D eigenvalue weighted by Crippen LogP contribution is -2.12. The summed E-state index contributed by atoms with van der Waals surface area (Å²) in [5.41, 5.74) is 0.133. The fourth-order valence-electron chi connectivity index (χ4n) is 0.634. The highest BCUT2D eigenvalue weighted by molar-refractivity contribution is 5.89. The molecule has 0 aromatic carbocycles. The first-order chi connectivity index (χ1) is 4.70. The van der Waals surface area contributed by atoms with E-state index in [-0.39, 0.29) is 12.1 Å².